The summed E-state index contributed by atoms with van der Waals surface area (Å²) < 4.78 is 0. The Kier molecular flexibility index (Phi) is 39.2. The van der Waals surface area contributed by atoms with Crippen LogP contribution in [0, 0.1) is 41.4 Å². The third-order valence-corrected chi connectivity index (χ3v) is 18.9. The first-order valence-corrected chi connectivity index (χ1v) is 36.2. The van der Waals surface area contributed by atoms with Gasteiger partial charge in [-0.3, -0.25) is 52.7 Å². The Balaban J connectivity index is 0.00000309. The summed E-state index contributed by atoms with van der Waals surface area (Å²) in [5.41, 5.74) is 0. The predicted molar refractivity (Wildman–Crippen MR) is 387 cm³/mol. The fourth-order valence-electron chi connectivity index (χ4n) is 12.6. The van der Waals surface area contributed by atoms with Crippen LogP contribution >= 0.6 is 0 Å². The van der Waals surface area contributed by atoms with Crippen LogP contribution in [0.25, 0.3) is 0 Å². The van der Waals surface area contributed by atoms with Crippen molar-refractivity contribution in [3.8, 4) is 0 Å². The molecule has 0 aromatic carbocycles. The first-order valence-electron chi connectivity index (χ1n) is 36.2. The molecule has 0 aromatic heterocycles. The molecule has 1 heterocycles. The lowest BCUT2D eigenvalue weighted by atomic mass is 9.91. The lowest BCUT2D eigenvalue weighted by Gasteiger charge is -2.41. The maximum absolute atomic E-state index is 15.1. The number of aliphatic hydroxyl groups excluding tert-OH is 1. The highest BCUT2D eigenvalue weighted by molar-refractivity contribution is 5.99. The van der Waals surface area contributed by atoms with Crippen LogP contribution in [0.3, 0.4) is 0 Å². The van der Waals surface area contributed by atoms with E-state index >= 15 is 9.59 Å². The molecule has 1 aliphatic heterocycles. The number of nitrogens with one attached hydrogen (secondary N) is 5. The molecule has 26 heteroatoms. The predicted octanol–water partition coefficient (Wildman–Crippen LogP) is 5.64. The average Bonchev–Trinajstić information content (AvgIpc) is 0.810. The van der Waals surface area contributed by atoms with Gasteiger partial charge in [-0.05, 0) is 114 Å². The minimum Gasteiger partial charge on any atom is -0.390 e. The van der Waals surface area contributed by atoms with Gasteiger partial charge in [-0.2, -0.15) is 0 Å². The monoisotopic (exact) mass is 1400 g/mol. The summed E-state index contributed by atoms with van der Waals surface area (Å²) in [6, 6.07) is -11.9. The van der Waals surface area contributed by atoms with Crippen molar-refractivity contribution in [2.24, 2.45) is 41.4 Å². The van der Waals surface area contributed by atoms with Crippen molar-refractivity contribution in [3.05, 3.63) is 12.2 Å². The van der Waals surface area contributed by atoms with Gasteiger partial charge in [0.25, 0.3) is 0 Å². The number of allylic oxidation sites excluding steroid dienone is 2. The van der Waals surface area contributed by atoms with Gasteiger partial charge in [-0.15, -0.1) is 0 Å². The number of aliphatic hydroxyl groups is 1. The van der Waals surface area contributed by atoms with Crippen LogP contribution in [-0.2, 0) is 52.7 Å². The van der Waals surface area contributed by atoms with E-state index in [-0.39, 0.29) is 61.8 Å². The molecule has 0 bridgehead atoms. The quantitative estimate of drug-likeness (QED) is 0.102. The van der Waals surface area contributed by atoms with Crippen molar-refractivity contribution in [2.75, 3.05) is 70.0 Å². The molecule has 13 amide bonds. The fraction of sp³-hybridized carbons (Fsp3) is 0.808. The zero-order chi connectivity index (χ0) is 76.4. The normalized spacial score (nSPS) is 25.9. The molecule has 99 heavy (non-hydrogen) atoms. The standard InChI is InChI=1S/C62H111N11O12.C11H22N2O/c1-25-27-28-40(15)52(75)51-56(79)65-43(26-2)58(81)67(18)33-48(74)68(19)44(29-34(3)4)55(78)66-49(38(11)12)61(84)69(20)45(30-35(5)6)54(77)63-41(16)53(76)64-42(17)57(80)70(21)46(31-36(7)8)59(82)71(22)47(32-37(9)10)60(83)72(23)50(39(13)14)62(85)73(51)24;1-13(2)11(14)12-10-8-6-4-3-5-7-9-10/h25,27,34-47,49-52,75H,26,28-33H2,1-24H3,(H,63,77)(H,64,76)(H,65,79)(H,66,78);10H,3-9H2,1-2H3,(H,12,14)/b27-25+;/t40-,41+,42-,43+,44+,45+,46+,47+,49+,50+,51+,52-;/m1./s1. The van der Waals surface area contributed by atoms with Gasteiger partial charge in [0, 0.05) is 69.5 Å². The van der Waals surface area contributed by atoms with Gasteiger partial charge in [0.1, 0.15) is 60.4 Å². The zero-order valence-corrected chi connectivity index (χ0v) is 65.4. The van der Waals surface area contributed by atoms with Crippen molar-refractivity contribution in [2.45, 2.75) is 274 Å². The SMILES string of the molecule is C/C=C/C[C@@H](C)[C@@H](O)[C@H]1C(=O)N[C@@H](CC)C(=O)N(C)CC(=O)N(C)[C@@H](CC(C)C)C(=O)N[C@@H](C(C)C)C(=O)N(C)[C@@H](CC(C)C)C(=O)N[C@@H](C)C(=O)N[C@H](C)C(=O)N(C)[C@@H](CC(C)C)C(=O)N(C)[C@@H](CC(C)C)C(=O)N(C)[C@@H](C(C)C)C(=O)N1C.CN(C)C(=O)NC1CCCCCCC1. The third-order valence-electron chi connectivity index (χ3n) is 18.9. The number of hydrogen-bond acceptors (Lipinski definition) is 13. The Labute approximate surface area is 594 Å². The molecule has 0 aromatic rings. The number of carbonyl (C=O) groups is 12. The average molecular weight is 1400 g/mol. The van der Waals surface area contributed by atoms with E-state index in [1.54, 1.807) is 73.5 Å². The summed E-state index contributed by atoms with van der Waals surface area (Å²) in [5.74, 6) is -9.71. The molecule has 0 unspecified atom stereocenters. The lowest BCUT2D eigenvalue weighted by molar-refractivity contribution is -0.157. The molecule has 1 saturated heterocycles. The Bertz CT molecular complexity index is 2680. The summed E-state index contributed by atoms with van der Waals surface area (Å²) in [6.07, 6.45) is 11.9. The molecular formula is C73H133N13O13. The summed E-state index contributed by atoms with van der Waals surface area (Å²) in [5, 5.41) is 26.1. The Morgan fingerprint density at radius 3 is 1.38 bits per heavy atom. The van der Waals surface area contributed by atoms with Gasteiger partial charge in [0.2, 0.25) is 65.0 Å². The maximum atomic E-state index is 15.1. The Morgan fingerprint density at radius 1 is 0.505 bits per heavy atom. The van der Waals surface area contributed by atoms with Crippen LogP contribution in [0.4, 0.5) is 4.79 Å². The van der Waals surface area contributed by atoms with E-state index in [1.807, 2.05) is 61.5 Å². The molecule has 2 rings (SSSR count). The summed E-state index contributed by atoms with van der Waals surface area (Å²) >= 11 is 0. The molecule has 1 saturated carbocycles. The van der Waals surface area contributed by atoms with Crippen LogP contribution < -0.4 is 26.6 Å². The van der Waals surface area contributed by atoms with Crippen LogP contribution in [-0.4, -0.2) is 258 Å². The fourth-order valence-corrected chi connectivity index (χ4v) is 12.6. The second-order valence-electron chi connectivity index (χ2n) is 30.5. The first-order chi connectivity index (χ1) is 45.9. The van der Waals surface area contributed by atoms with E-state index in [4.69, 9.17) is 0 Å². The second kappa shape index (κ2) is 43.1. The summed E-state index contributed by atoms with van der Waals surface area (Å²) in [6.45, 7) is 29.3. The number of rotatable bonds is 16. The third kappa shape index (κ3) is 27.9. The zero-order valence-electron chi connectivity index (χ0n) is 65.4. The molecular weight excluding hydrogens is 1270 g/mol. The molecule has 2 aliphatic rings. The van der Waals surface area contributed by atoms with Crippen molar-refractivity contribution in [1.29, 1.82) is 0 Å². The molecule has 6 N–H and O–H groups in total. The van der Waals surface area contributed by atoms with Crippen molar-refractivity contribution in [3.63, 3.8) is 0 Å². The largest absolute Gasteiger partial charge is 0.390 e. The first kappa shape index (κ1) is 90.2. The van der Waals surface area contributed by atoms with Crippen molar-refractivity contribution >= 4 is 71.0 Å². The van der Waals surface area contributed by atoms with Gasteiger partial charge >= 0.3 is 6.03 Å². The summed E-state index contributed by atoms with van der Waals surface area (Å²) in [7, 11) is 13.5. The van der Waals surface area contributed by atoms with Crippen molar-refractivity contribution in [1.82, 2.24) is 65.8 Å². The van der Waals surface area contributed by atoms with Gasteiger partial charge in [0.05, 0.1) is 12.6 Å². The number of amides is 13. The lowest BCUT2D eigenvalue weighted by Crippen LogP contribution is -2.63. The molecule has 0 spiro atoms. The maximum Gasteiger partial charge on any atom is 0.317 e. The van der Waals surface area contributed by atoms with Crippen LogP contribution in [0.2, 0.25) is 0 Å². The molecule has 26 nitrogen and oxygen atoms in total. The molecule has 568 valence electrons. The minimum absolute atomic E-state index is 0.0229. The van der Waals surface area contributed by atoms with Gasteiger partial charge < -0.3 is 70.9 Å². The highest BCUT2D eigenvalue weighted by Gasteiger charge is 2.46. The number of urea groups is 1. The number of likely N-dealkylation sites (N-methyl/N-ethyl adjacent to an activating group) is 7. The highest BCUT2D eigenvalue weighted by atomic mass is 16.3. The second-order valence-corrected chi connectivity index (χ2v) is 30.5. The summed E-state index contributed by atoms with van der Waals surface area (Å²) in [4.78, 5) is 182. The Hall–Kier alpha value is -6.86. The van der Waals surface area contributed by atoms with Gasteiger partial charge in [0.15, 0.2) is 0 Å². The van der Waals surface area contributed by atoms with Gasteiger partial charge in [-0.1, -0.05) is 141 Å². The molecule has 0 radical (unpaired) electrons. The molecule has 2 fully saturated rings. The highest BCUT2D eigenvalue weighted by Crippen LogP contribution is 2.26. The molecule has 1 aliphatic carbocycles. The van der Waals surface area contributed by atoms with E-state index < -0.39 is 156 Å². The van der Waals surface area contributed by atoms with Crippen molar-refractivity contribution < 1.29 is 62.6 Å². The minimum atomic E-state index is -1.61. The van der Waals surface area contributed by atoms with E-state index in [0.717, 1.165) is 22.6 Å². The van der Waals surface area contributed by atoms with E-state index in [9.17, 15) is 53.1 Å². The van der Waals surface area contributed by atoms with E-state index in [2.05, 4.69) is 26.6 Å². The number of hydrogen-bond donors (Lipinski definition) is 6. The van der Waals surface area contributed by atoms with Gasteiger partial charge in [-0.25, -0.2) is 4.79 Å². The van der Waals surface area contributed by atoms with Crippen LogP contribution in [0.1, 0.15) is 201 Å². The topological polar surface area (TPSA) is 311 Å². The van der Waals surface area contributed by atoms with E-state index in [0.29, 0.717) is 12.5 Å². The smallest absolute Gasteiger partial charge is 0.317 e. The molecule has 12 atom stereocenters. The van der Waals surface area contributed by atoms with E-state index in [1.165, 1.54) is 120 Å². The van der Waals surface area contributed by atoms with Crippen LogP contribution in [0.15, 0.2) is 12.2 Å². The Morgan fingerprint density at radius 2 is 0.929 bits per heavy atom. The number of carbonyl (C=O) groups excluding carboxylic acids is 12. The number of nitrogens with zero attached hydrogens (tertiary/aromatic N) is 8. The van der Waals surface area contributed by atoms with Crippen LogP contribution in [0.5, 0.6) is 0 Å².